The largest absolute Gasteiger partial charge is 0.504 e. The lowest BCUT2D eigenvalue weighted by molar-refractivity contribution is -0.157. The highest BCUT2D eigenvalue weighted by atomic mass is 16.5. The normalized spacial score (nSPS) is 11.1. The van der Waals surface area contributed by atoms with Crippen molar-refractivity contribution in [3.63, 3.8) is 0 Å². The van der Waals surface area contributed by atoms with Crippen LogP contribution in [-0.4, -0.2) is 79.8 Å². The second-order valence-electron chi connectivity index (χ2n) is 10.6. The Labute approximate surface area is 276 Å². The molecule has 4 aromatic carbocycles. The van der Waals surface area contributed by atoms with Crippen LogP contribution in [-0.2, 0) is 22.4 Å². The van der Waals surface area contributed by atoms with Crippen molar-refractivity contribution in [2.24, 2.45) is 0 Å². The number of carbonyl (C=O) groups excluding carboxylic acids is 2. The number of phenolic OH excluding ortho intramolecular Hbond substituents is 6. The Hall–Kier alpha value is -6.30. The average molecular weight is 657 g/mol. The lowest BCUT2D eigenvalue weighted by atomic mass is 10.1. The Balaban J connectivity index is 1.70. The number of hydrogen-bond acceptors (Lipinski definition) is 10. The van der Waals surface area contributed by atoms with Crippen LogP contribution < -0.4 is 9.47 Å². The molecule has 250 valence electrons. The summed E-state index contributed by atoms with van der Waals surface area (Å²) in [6, 6.07) is 17.6. The molecule has 0 unspecified atom stereocenters. The van der Waals surface area contributed by atoms with Gasteiger partial charge in [-0.3, -0.25) is 9.59 Å². The quantitative estimate of drug-likeness (QED) is 0.0710. The molecule has 0 saturated carbocycles. The number of amides is 2. The number of phenols is 6. The molecule has 0 fully saturated rings. The van der Waals surface area contributed by atoms with Crippen molar-refractivity contribution in [1.29, 1.82) is 0 Å². The molecule has 48 heavy (non-hydrogen) atoms. The monoisotopic (exact) mass is 656 g/mol. The zero-order chi connectivity index (χ0) is 34.8. The fourth-order valence-electron chi connectivity index (χ4n) is 4.72. The molecule has 0 heterocycles. The highest BCUT2D eigenvalue weighted by molar-refractivity contribution is 5.96. The summed E-state index contributed by atoms with van der Waals surface area (Å²) >= 11 is 0. The Morgan fingerprint density at radius 2 is 0.917 bits per heavy atom. The summed E-state index contributed by atoms with van der Waals surface area (Å²) in [6.07, 6.45) is 5.90. The maximum Gasteiger partial charge on any atom is 0.265 e. The van der Waals surface area contributed by atoms with Gasteiger partial charge in [0.05, 0.1) is 14.2 Å². The van der Waals surface area contributed by atoms with Gasteiger partial charge in [0.2, 0.25) is 0 Å². The summed E-state index contributed by atoms with van der Waals surface area (Å²) in [7, 11) is 2.80. The van der Waals surface area contributed by atoms with E-state index in [1.54, 1.807) is 24.3 Å². The minimum atomic E-state index is -0.577. The molecule has 12 heteroatoms. The summed E-state index contributed by atoms with van der Waals surface area (Å²) in [5.74, 6) is -2.16. The molecular formula is C36H36N2O10. The lowest BCUT2D eigenvalue weighted by Crippen LogP contribution is -2.50. The molecule has 0 aliphatic rings. The van der Waals surface area contributed by atoms with Crippen LogP contribution in [0.15, 0.2) is 84.9 Å². The molecule has 0 aliphatic heterocycles. The van der Waals surface area contributed by atoms with Gasteiger partial charge in [-0.25, -0.2) is 10.0 Å². The van der Waals surface area contributed by atoms with Crippen LogP contribution in [0, 0.1) is 0 Å². The standard InChI is InChI=1S/C36H36N2O10/c1-47-33-21-23(5-11-29(33)41)7-13-35(45)37(17-15-25-3-9-27(39)31(43)19-25)38(18-16-26-4-10-28(40)32(44)20-26)36(46)14-8-24-6-12-30(42)34(22-24)48-2/h3-14,19-22,39-44H,15-18H2,1-2H3/b13-7-,14-8-. The first-order valence-corrected chi connectivity index (χ1v) is 14.7. The van der Waals surface area contributed by atoms with Crippen LogP contribution in [0.3, 0.4) is 0 Å². The molecule has 0 radical (unpaired) electrons. The smallest absolute Gasteiger partial charge is 0.265 e. The molecule has 2 amide bonds. The maximum atomic E-state index is 13.9. The van der Waals surface area contributed by atoms with Crippen molar-refractivity contribution in [2.75, 3.05) is 27.3 Å². The first-order chi connectivity index (χ1) is 23.0. The highest BCUT2D eigenvalue weighted by Crippen LogP contribution is 2.29. The number of benzene rings is 4. The Kier molecular flexibility index (Phi) is 11.4. The third-order valence-electron chi connectivity index (χ3n) is 7.35. The van der Waals surface area contributed by atoms with Crippen LogP contribution >= 0.6 is 0 Å². The molecule has 0 atom stereocenters. The van der Waals surface area contributed by atoms with Gasteiger partial charge in [-0.15, -0.1) is 0 Å². The summed E-state index contributed by atoms with van der Waals surface area (Å²) < 4.78 is 10.3. The fourth-order valence-corrected chi connectivity index (χ4v) is 4.72. The number of hydrazine groups is 1. The van der Waals surface area contributed by atoms with Crippen molar-refractivity contribution in [3.8, 4) is 46.0 Å². The third-order valence-corrected chi connectivity index (χ3v) is 7.35. The van der Waals surface area contributed by atoms with Crippen LogP contribution in [0.4, 0.5) is 0 Å². The maximum absolute atomic E-state index is 13.9. The van der Waals surface area contributed by atoms with Gasteiger partial charge in [-0.2, -0.15) is 0 Å². The van der Waals surface area contributed by atoms with Gasteiger partial charge in [0.25, 0.3) is 11.8 Å². The first-order valence-electron chi connectivity index (χ1n) is 14.7. The van der Waals surface area contributed by atoms with Gasteiger partial charge in [0.1, 0.15) is 0 Å². The van der Waals surface area contributed by atoms with Gasteiger partial charge in [0, 0.05) is 25.2 Å². The van der Waals surface area contributed by atoms with Gasteiger partial charge in [-0.1, -0.05) is 24.3 Å². The molecule has 0 spiro atoms. The van der Waals surface area contributed by atoms with Gasteiger partial charge < -0.3 is 40.1 Å². The van der Waals surface area contributed by atoms with E-state index in [1.165, 1.54) is 97.1 Å². The third kappa shape index (κ3) is 8.91. The van der Waals surface area contributed by atoms with Gasteiger partial charge in [-0.05, 0) is 95.8 Å². The number of carbonyl (C=O) groups is 2. The van der Waals surface area contributed by atoms with Gasteiger partial charge >= 0.3 is 0 Å². The second-order valence-corrected chi connectivity index (χ2v) is 10.6. The molecule has 4 aromatic rings. The number of hydrogen-bond donors (Lipinski definition) is 6. The number of nitrogens with zero attached hydrogens (tertiary/aromatic N) is 2. The van der Waals surface area contributed by atoms with E-state index in [-0.39, 0.29) is 71.9 Å². The van der Waals surface area contributed by atoms with E-state index in [2.05, 4.69) is 0 Å². The number of methoxy groups -OCH3 is 2. The van der Waals surface area contributed by atoms with E-state index in [0.717, 1.165) is 0 Å². The van der Waals surface area contributed by atoms with E-state index >= 15 is 0 Å². The zero-order valence-electron chi connectivity index (χ0n) is 26.3. The van der Waals surface area contributed by atoms with Crippen molar-refractivity contribution in [3.05, 3.63) is 107 Å². The predicted molar refractivity (Wildman–Crippen MR) is 178 cm³/mol. The Morgan fingerprint density at radius 3 is 1.27 bits per heavy atom. The van der Waals surface area contributed by atoms with Crippen LogP contribution in [0.5, 0.6) is 46.0 Å². The minimum absolute atomic E-state index is 0.0280. The van der Waals surface area contributed by atoms with E-state index in [9.17, 15) is 40.2 Å². The number of aromatic hydroxyl groups is 6. The Morgan fingerprint density at radius 1 is 0.542 bits per heavy atom. The minimum Gasteiger partial charge on any atom is -0.504 e. The fraction of sp³-hybridized carbons (Fsp3) is 0.167. The highest BCUT2D eigenvalue weighted by Gasteiger charge is 2.24. The molecule has 0 aromatic heterocycles. The Bertz CT molecular complexity index is 1700. The summed E-state index contributed by atoms with van der Waals surface area (Å²) in [4.78, 5) is 27.7. The van der Waals surface area contributed by atoms with Crippen LogP contribution in [0.25, 0.3) is 12.2 Å². The molecular weight excluding hydrogens is 620 g/mol. The molecule has 0 bridgehead atoms. The molecule has 12 nitrogen and oxygen atoms in total. The van der Waals surface area contributed by atoms with Crippen molar-refractivity contribution in [1.82, 2.24) is 10.0 Å². The van der Waals surface area contributed by atoms with Crippen molar-refractivity contribution >= 4 is 24.0 Å². The van der Waals surface area contributed by atoms with E-state index in [0.29, 0.717) is 22.3 Å². The zero-order valence-corrected chi connectivity index (χ0v) is 26.3. The van der Waals surface area contributed by atoms with Crippen molar-refractivity contribution in [2.45, 2.75) is 12.8 Å². The average Bonchev–Trinajstić information content (AvgIpc) is 3.08. The molecule has 4 rings (SSSR count). The summed E-state index contributed by atoms with van der Waals surface area (Å²) in [5, 5.41) is 61.9. The summed E-state index contributed by atoms with van der Waals surface area (Å²) in [6.45, 7) is -0.0561. The topological polar surface area (TPSA) is 180 Å². The van der Waals surface area contributed by atoms with Crippen LogP contribution in [0.1, 0.15) is 22.3 Å². The number of rotatable bonds is 12. The van der Waals surface area contributed by atoms with E-state index in [1.807, 2.05) is 0 Å². The van der Waals surface area contributed by atoms with Crippen LogP contribution in [0.2, 0.25) is 0 Å². The summed E-state index contributed by atoms with van der Waals surface area (Å²) in [5.41, 5.74) is 2.25. The molecule has 0 saturated heterocycles. The van der Waals surface area contributed by atoms with Crippen molar-refractivity contribution < 1.29 is 49.7 Å². The van der Waals surface area contributed by atoms with E-state index < -0.39 is 11.8 Å². The number of ether oxygens (including phenoxy) is 2. The lowest BCUT2D eigenvalue weighted by Gasteiger charge is -2.34. The van der Waals surface area contributed by atoms with Gasteiger partial charge in [0.15, 0.2) is 46.0 Å². The molecule has 6 N–H and O–H groups in total. The second kappa shape index (κ2) is 15.8. The predicted octanol–water partition coefficient (Wildman–Crippen LogP) is 4.72. The SMILES string of the molecule is COc1cc(/C=C\C(=O)N(CCc2ccc(O)c(O)c2)N(CCc2ccc(O)c(O)c2)C(=O)/C=C\c2ccc(O)c(OC)c2)ccc1O. The first kappa shape index (κ1) is 34.6. The molecule has 0 aliphatic carbocycles. The van der Waals surface area contributed by atoms with E-state index in [4.69, 9.17) is 9.47 Å².